The molecule has 0 aliphatic rings. The summed E-state index contributed by atoms with van der Waals surface area (Å²) in [6.07, 6.45) is -0.188. The number of nitrogens with one attached hydrogen (secondary N) is 1. The summed E-state index contributed by atoms with van der Waals surface area (Å²) in [5.41, 5.74) is 1.40. The summed E-state index contributed by atoms with van der Waals surface area (Å²) in [4.78, 5) is 23.8. The van der Waals surface area contributed by atoms with E-state index in [0.717, 1.165) is 16.3 Å². The van der Waals surface area contributed by atoms with Crippen LogP contribution >= 0.6 is 12.6 Å². The minimum absolute atomic E-state index is 0.0192. The van der Waals surface area contributed by atoms with Gasteiger partial charge in [-0.15, -0.1) is 0 Å². The van der Waals surface area contributed by atoms with Gasteiger partial charge in [0.1, 0.15) is 11.9 Å². The number of hydrogen-bond donors (Lipinski definition) is 3. The highest BCUT2D eigenvalue weighted by atomic mass is 32.1. The molecule has 2 N–H and O–H groups in total. The minimum Gasteiger partial charge on any atom is -0.508 e. The van der Waals surface area contributed by atoms with Crippen LogP contribution in [0.1, 0.15) is 24.5 Å². The molecule has 6 nitrogen and oxygen atoms in total. The third-order valence-corrected chi connectivity index (χ3v) is 4.80. The first-order valence-corrected chi connectivity index (χ1v) is 10.2. The van der Waals surface area contributed by atoms with Crippen LogP contribution in [0, 0.1) is 0 Å². The molecule has 0 bridgehead atoms. The lowest BCUT2D eigenvalue weighted by atomic mass is 10.0. The average molecular weight is 426 g/mol. The fourth-order valence-corrected chi connectivity index (χ4v) is 3.18. The van der Waals surface area contributed by atoms with Crippen molar-refractivity contribution in [2.24, 2.45) is 0 Å². The van der Waals surface area contributed by atoms with E-state index in [-0.39, 0.29) is 18.1 Å². The molecule has 0 spiro atoms. The Morgan fingerprint density at radius 2 is 1.73 bits per heavy atom. The van der Waals surface area contributed by atoms with Crippen LogP contribution < -0.4 is 5.32 Å². The molecule has 1 atom stereocenters. The summed E-state index contributed by atoms with van der Waals surface area (Å²) < 4.78 is 10.7. The molecule has 0 aliphatic heterocycles. The number of ether oxygens (including phenoxy) is 2. The molecule has 3 rings (SSSR count). The minimum atomic E-state index is -0.586. The second kappa shape index (κ2) is 10.5. The average Bonchev–Trinajstić information content (AvgIpc) is 2.76. The van der Waals surface area contributed by atoms with Crippen LogP contribution in [0.15, 0.2) is 66.7 Å². The quantitative estimate of drug-likeness (QED) is 0.266. The van der Waals surface area contributed by atoms with Gasteiger partial charge in [-0.25, -0.2) is 4.79 Å². The number of thiol groups is 1. The second-order valence-electron chi connectivity index (χ2n) is 6.66. The molecule has 30 heavy (non-hydrogen) atoms. The van der Waals surface area contributed by atoms with Crippen LogP contribution in [0.3, 0.4) is 0 Å². The van der Waals surface area contributed by atoms with Crippen molar-refractivity contribution in [1.82, 2.24) is 0 Å². The van der Waals surface area contributed by atoms with Crippen molar-refractivity contribution in [3.05, 3.63) is 72.3 Å². The molecular formula is C23H23NO5S. The molecule has 156 valence electrons. The van der Waals surface area contributed by atoms with Crippen molar-refractivity contribution in [3.63, 3.8) is 0 Å². The normalized spacial score (nSPS) is 11.6. The highest BCUT2D eigenvalue weighted by Crippen LogP contribution is 2.27. The summed E-state index contributed by atoms with van der Waals surface area (Å²) in [5.74, 6) is -0.250. The number of amides is 1. The highest BCUT2D eigenvalue weighted by Gasteiger charge is 2.18. The van der Waals surface area contributed by atoms with Gasteiger partial charge in [0, 0.05) is 5.39 Å². The van der Waals surface area contributed by atoms with Gasteiger partial charge < -0.3 is 14.6 Å². The maximum absolute atomic E-state index is 12.6. The monoisotopic (exact) mass is 425 g/mol. The molecule has 3 aromatic rings. The maximum Gasteiger partial charge on any atom is 0.412 e. The van der Waals surface area contributed by atoms with Crippen molar-refractivity contribution in [2.75, 3.05) is 17.7 Å². The van der Waals surface area contributed by atoms with E-state index in [1.54, 1.807) is 12.1 Å². The van der Waals surface area contributed by atoms with Crippen molar-refractivity contribution >= 4 is 41.2 Å². The maximum atomic E-state index is 12.6. The van der Waals surface area contributed by atoms with Crippen molar-refractivity contribution in [1.29, 1.82) is 0 Å². The first kappa shape index (κ1) is 21.5. The molecule has 0 unspecified atom stereocenters. The van der Waals surface area contributed by atoms with E-state index >= 15 is 0 Å². The predicted molar refractivity (Wildman–Crippen MR) is 119 cm³/mol. The lowest BCUT2D eigenvalue weighted by Gasteiger charge is -2.19. The van der Waals surface area contributed by atoms with Gasteiger partial charge in [0.25, 0.3) is 0 Å². The number of esters is 1. The van der Waals surface area contributed by atoms with E-state index in [0.29, 0.717) is 18.5 Å². The Morgan fingerprint density at radius 3 is 2.50 bits per heavy atom. The number of hydrogen-bond acceptors (Lipinski definition) is 6. The van der Waals surface area contributed by atoms with Crippen molar-refractivity contribution in [2.45, 2.75) is 18.9 Å². The zero-order chi connectivity index (χ0) is 21.3. The fourth-order valence-electron chi connectivity index (χ4n) is 3.09. The zero-order valence-corrected chi connectivity index (χ0v) is 17.2. The third kappa shape index (κ3) is 5.90. The Labute approximate surface area is 180 Å². The van der Waals surface area contributed by atoms with Gasteiger partial charge in [-0.1, -0.05) is 48.5 Å². The molecular weight excluding hydrogens is 402 g/mol. The van der Waals surface area contributed by atoms with Gasteiger partial charge in [0.15, 0.2) is 0 Å². The van der Waals surface area contributed by atoms with Crippen molar-refractivity contribution < 1.29 is 24.2 Å². The summed E-state index contributed by atoms with van der Waals surface area (Å²) >= 11 is 3.87. The molecule has 0 radical (unpaired) electrons. The summed E-state index contributed by atoms with van der Waals surface area (Å²) in [6, 6.07) is 19.9. The SMILES string of the molecule is O=C(CS)OCCC[C@H](OC(=O)Nc1cccc2ccccc12)c1ccc(O)cc1. The fraction of sp³-hybridized carbons (Fsp3) is 0.217. The number of benzene rings is 3. The topological polar surface area (TPSA) is 84.9 Å². The smallest absolute Gasteiger partial charge is 0.412 e. The van der Waals surface area contributed by atoms with Crippen LogP contribution in [0.2, 0.25) is 0 Å². The van der Waals surface area contributed by atoms with Crippen LogP contribution in [-0.2, 0) is 14.3 Å². The van der Waals surface area contributed by atoms with Crippen LogP contribution in [0.4, 0.5) is 10.5 Å². The number of fused-ring (bicyclic) bond motifs is 1. The van der Waals surface area contributed by atoms with Crippen molar-refractivity contribution in [3.8, 4) is 5.75 Å². The lowest BCUT2D eigenvalue weighted by Crippen LogP contribution is -2.18. The Hall–Kier alpha value is -3.19. The van der Waals surface area contributed by atoms with Gasteiger partial charge in [-0.2, -0.15) is 12.6 Å². The third-order valence-electron chi connectivity index (χ3n) is 4.54. The van der Waals surface area contributed by atoms with Crippen LogP contribution in [0.25, 0.3) is 10.8 Å². The standard InChI is InChI=1S/C23H23NO5S/c25-18-12-10-17(11-13-18)21(9-4-14-28-22(26)15-30)29-23(27)24-20-8-3-6-16-5-1-2-7-19(16)20/h1-3,5-8,10-13,21,25,30H,4,9,14-15H2,(H,24,27)/t21-/m0/s1. The van der Waals surface area contributed by atoms with Crippen LogP contribution in [0.5, 0.6) is 5.75 Å². The number of phenols is 1. The van der Waals surface area contributed by atoms with E-state index in [4.69, 9.17) is 9.47 Å². The molecule has 0 aromatic heterocycles. The molecule has 0 saturated carbocycles. The van der Waals surface area contributed by atoms with Crippen LogP contribution in [-0.4, -0.2) is 29.5 Å². The summed E-state index contributed by atoms with van der Waals surface area (Å²) in [5, 5.41) is 14.3. The van der Waals surface area contributed by atoms with E-state index in [1.165, 1.54) is 12.1 Å². The Balaban J connectivity index is 1.68. The van der Waals surface area contributed by atoms with Gasteiger partial charge in [0.05, 0.1) is 18.0 Å². The second-order valence-corrected chi connectivity index (χ2v) is 6.97. The van der Waals surface area contributed by atoms with E-state index in [1.807, 2.05) is 42.5 Å². The number of aromatic hydroxyl groups is 1. The van der Waals surface area contributed by atoms with Gasteiger partial charge in [-0.3, -0.25) is 10.1 Å². The number of phenolic OH excluding ortho intramolecular Hbond substituents is 1. The largest absolute Gasteiger partial charge is 0.508 e. The number of carbonyl (C=O) groups excluding carboxylic acids is 2. The molecule has 0 saturated heterocycles. The number of carbonyl (C=O) groups is 2. The van der Waals surface area contributed by atoms with E-state index in [9.17, 15) is 14.7 Å². The molecule has 3 aromatic carbocycles. The first-order chi connectivity index (χ1) is 14.6. The van der Waals surface area contributed by atoms with E-state index in [2.05, 4.69) is 17.9 Å². The molecule has 1 amide bonds. The number of rotatable bonds is 8. The predicted octanol–water partition coefficient (Wildman–Crippen LogP) is 5.09. The zero-order valence-electron chi connectivity index (χ0n) is 16.3. The number of anilines is 1. The Bertz CT molecular complexity index is 1000. The Kier molecular flexibility index (Phi) is 7.57. The molecule has 0 aliphatic carbocycles. The lowest BCUT2D eigenvalue weighted by molar-refractivity contribution is -0.140. The highest BCUT2D eigenvalue weighted by molar-refractivity contribution is 7.81. The Morgan fingerprint density at radius 1 is 1.00 bits per heavy atom. The summed E-state index contributed by atoms with van der Waals surface area (Å²) in [7, 11) is 0. The van der Waals surface area contributed by atoms with Gasteiger partial charge in [-0.05, 0) is 42.0 Å². The molecule has 0 fully saturated rings. The first-order valence-electron chi connectivity index (χ1n) is 9.57. The van der Waals surface area contributed by atoms with Gasteiger partial charge >= 0.3 is 12.1 Å². The van der Waals surface area contributed by atoms with E-state index < -0.39 is 18.2 Å². The summed E-state index contributed by atoms with van der Waals surface area (Å²) in [6.45, 7) is 0.211. The molecule has 0 heterocycles. The van der Waals surface area contributed by atoms with Gasteiger partial charge in [0.2, 0.25) is 0 Å². The molecule has 7 heteroatoms.